The molecule has 2 aliphatic heterocycles. The molecule has 2 fully saturated rings. The van der Waals surface area contributed by atoms with Crippen LogP contribution in [0.1, 0.15) is 61.3 Å². The molecule has 0 amide bonds. The molecule has 1 aromatic carbocycles. The Morgan fingerprint density at radius 1 is 1.25 bits per heavy atom. The van der Waals surface area contributed by atoms with E-state index in [9.17, 15) is 4.39 Å². The van der Waals surface area contributed by atoms with Gasteiger partial charge in [0.2, 0.25) is 0 Å². The molecule has 24 heavy (non-hydrogen) atoms. The summed E-state index contributed by atoms with van der Waals surface area (Å²) in [6.07, 6.45) is 5.72. The summed E-state index contributed by atoms with van der Waals surface area (Å²) in [5, 5.41) is 7.34. The van der Waals surface area contributed by atoms with Crippen LogP contribution in [0, 0.1) is 12.7 Å². The average molecular weight is 328 g/mol. The third-order valence-electron chi connectivity index (χ3n) is 5.76. The lowest BCUT2D eigenvalue weighted by atomic mass is 9.84. The van der Waals surface area contributed by atoms with Crippen molar-refractivity contribution in [3.63, 3.8) is 0 Å². The second-order valence-corrected chi connectivity index (χ2v) is 7.29. The lowest BCUT2D eigenvalue weighted by molar-refractivity contribution is 0.115. The molecule has 2 aromatic rings. The predicted octanol–water partition coefficient (Wildman–Crippen LogP) is 3.73. The number of nitrogens with one attached hydrogen (secondary N) is 1. The van der Waals surface area contributed by atoms with Gasteiger partial charge in [-0.2, -0.15) is 5.10 Å². The maximum Gasteiger partial charge on any atom is 0.150 e. The summed E-state index contributed by atoms with van der Waals surface area (Å²) < 4.78 is 13.5. The highest BCUT2D eigenvalue weighted by Gasteiger charge is 2.41. The van der Waals surface area contributed by atoms with Crippen LogP contribution in [-0.2, 0) is 13.0 Å². The predicted molar refractivity (Wildman–Crippen MR) is 91.2 cm³/mol. The van der Waals surface area contributed by atoms with E-state index in [-0.39, 0.29) is 5.82 Å². The van der Waals surface area contributed by atoms with E-state index < -0.39 is 0 Å². The van der Waals surface area contributed by atoms with Crippen LogP contribution >= 0.6 is 0 Å². The molecule has 5 heteroatoms. The van der Waals surface area contributed by atoms with Crippen molar-refractivity contribution in [2.75, 3.05) is 0 Å². The molecule has 4 nitrogen and oxygen atoms in total. The van der Waals surface area contributed by atoms with E-state index in [0.717, 1.165) is 43.0 Å². The second-order valence-electron chi connectivity index (χ2n) is 7.29. The van der Waals surface area contributed by atoms with Crippen molar-refractivity contribution in [3.8, 4) is 0 Å². The van der Waals surface area contributed by atoms with Crippen LogP contribution in [0.3, 0.4) is 0 Å². The fraction of sp³-hybridized carbons (Fsp3) is 0.579. The number of halogens is 1. The van der Waals surface area contributed by atoms with Gasteiger partial charge in [-0.05, 0) is 55.7 Å². The topological polar surface area (TPSA) is 44.8 Å². The molecule has 3 heterocycles. The van der Waals surface area contributed by atoms with Crippen LogP contribution < -0.4 is 0 Å². The highest BCUT2D eigenvalue weighted by Crippen LogP contribution is 2.43. The number of aryl methyl sites for hydroxylation is 2. The maximum absolute atomic E-state index is 13.5. The quantitative estimate of drug-likeness (QED) is 0.930. The molecule has 4 rings (SSSR count). The molecule has 0 radical (unpaired) electrons. The van der Waals surface area contributed by atoms with Crippen LogP contribution in [0.15, 0.2) is 18.2 Å². The number of benzene rings is 1. The highest BCUT2D eigenvalue weighted by molar-refractivity contribution is 5.28. The Balaban J connectivity index is 1.47. The van der Waals surface area contributed by atoms with Crippen LogP contribution in [0.5, 0.6) is 0 Å². The van der Waals surface area contributed by atoms with Crippen LogP contribution in [-0.4, -0.2) is 32.2 Å². The summed E-state index contributed by atoms with van der Waals surface area (Å²) in [5.41, 5.74) is 2.06. The standard InChI is InChI=1S/C19H25FN4/c1-3-18-21-19(23-22-18)11-24-15-5-6-16(24)10-14(9-15)13-4-7-17(20)12(2)8-13/h4,7-8,14-16H,3,5-6,9-11H2,1-2H3,(H,21,22,23)/t14?,15-,16+. The number of aromatic amines is 1. The first-order valence-corrected chi connectivity index (χ1v) is 9.06. The molecule has 1 aromatic heterocycles. The van der Waals surface area contributed by atoms with E-state index in [0.29, 0.717) is 18.0 Å². The van der Waals surface area contributed by atoms with Gasteiger partial charge in [-0.3, -0.25) is 10.00 Å². The summed E-state index contributed by atoms with van der Waals surface area (Å²) in [5.74, 6) is 2.34. The van der Waals surface area contributed by atoms with Crippen molar-refractivity contribution >= 4 is 0 Å². The third-order valence-corrected chi connectivity index (χ3v) is 5.76. The number of aromatic nitrogens is 3. The lowest BCUT2D eigenvalue weighted by Gasteiger charge is -2.38. The summed E-state index contributed by atoms with van der Waals surface area (Å²) in [6.45, 7) is 4.81. The van der Waals surface area contributed by atoms with Crippen molar-refractivity contribution in [1.82, 2.24) is 20.1 Å². The third kappa shape index (κ3) is 2.86. The zero-order chi connectivity index (χ0) is 16.7. The van der Waals surface area contributed by atoms with Gasteiger partial charge in [0.25, 0.3) is 0 Å². The summed E-state index contributed by atoms with van der Waals surface area (Å²) in [7, 11) is 0. The SMILES string of the molecule is CCc1n[nH]c(CN2[C@@H]3CC[C@H]2CC(c2ccc(F)c(C)c2)C3)n1. The molecular weight excluding hydrogens is 303 g/mol. The molecule has 2 aliphatic rings. The van der Waals surface area contributed by atoms with Gasteiger partial charge in [0, 0.05) is 18.5 Å². The Kier molecular flexibility index (Phi) is 4.12. The van der Waals surface area contributed by atoms with Gasteiger partial charge in [0.15, 0.2) is 0 Å². The highest BCUT2D eigenvalue weighted by atomic mass is 19.1. The van der Waals surface area contributed by atoms with Crippen molar-refractivity contribution < 1.29 is 4.39 Å². The molecule has 0 aliphatic carbocycles. The largest absolute Gasteiger partial charge is 0.290 e. The number of fused-ring (bicyclic) bond motifs is 2. The van der Waals surface area contributed by atoms with E-state index in [1.807, 2.05) is 19.1 Å². The van der Waals surface area contributed by atoms with Gasteiger partial charge in [0.05, 0.1) is 6.54 Å². The number of H-pyrrole nitrogens is 1. The van der Waals surface area contributed by atoms with Crippen molar-refractivity contribution in [2.45, 2.75) is 70.5 Å². The van der Waals surface area contributed by atoms with Gasteiger partial charge in [-0.15, -0.1) is 0 Å². The normalized spacial score (nSPS) is 26.9. The molecule has 128 valence electrons. The minimum atomic E-state index is -0.101. The molecule has 1 N–H and O–H groups in total. The van der Waals surface area contributed by atoms with E-state index in [4.69, 9.17) is 0 Å². The Bertz CT molecular complexity index is 712. The first kappa shape index (κ1) is 15.8. The number of rotatable bonds is 4. The molecule has 0 saturated carbocycles. The maximum atomic E-state index is 13.5. The minimum Gasteiger partial charge on any atom is -0.290 e. The number of nitrogens with zero attached hydrogens (tertiary/aromatic N) is 3. The van der Waals surface area contributed by atoms with Gasteiger partial charge in [-0.25, -0.2) is 9.37 Å². The number of hydrogen-bond acceptors (Lipinski definition) is 3. The van der Waals surface area contributed by atoms with Crippen LogP contribution in [0.25, 0.3) is 0 Å². The zero-order valence-corrected chi connectivity index (χ0v) is 14.4. The van der Waals surface area contributed by atoms with Gasteiger partial charge in [0.1, 0.15) is 17.5 Å². The Hall–Kier alpha value is -1.75. The Morgan fingerprint density at radius 2 is 2.00 bits per heavy atom. The second kappa shape index (κ2) is 6.28. The van der Waals surface area contributed by atoms with E-state index >= 15 is 0 Å². The average Bonchev–Trinajstić information content (AvgIpc) is 3.12. The monoisotopic (exact) mass is 328 g/mol. The fourth-order valence-corrected chi connectivity index (χ4v) is 4.46. The molecule has 0 spiro atoms. The smallest absolute Gasteiger partial charge is 0.150 e. The lowest BCUT2D eigenvalue weighted by Crippen LogP contribution is -2.41. The van der Waals surface area contributed by atoms with E-state index in [1.165, 1.54) is 18.4 Å². The molecular formula is C19H25FN4. The number of piperidine rings is 1. The van der Waals surface area contributed by atoms with Crippen molar-refractivity contribution in [3.05, 3.63) is 46.8 Å². The molecule has 3 atom stereocenters. The first-order chi connectivity index (χ1) is 11.6. The molecule has 1 unspecified atom stereocenters. The molecule has 2 saturated heterocycles. The van der Waals surface area contributed by atoms with Gasteiger partial charge < -0.3 is 0 Å². The van der Waals surface area contributed by atoms with Gasteiger partial charge >= 0.3 is 0 Å². The van der Waals surface area contributed by atoms with Crippen LogP contribution in [0.4, 0.5) is 4.39 Å². The van der Waals surface area contributed by atoms with Crippen molar-refractivity contribution in [1.29, 1.82) is 0 Å². The zero-order valence-electron chi connectivity index (χ0n) is 14.4. The number of hydrogen-bond donors (Lipinski definition) is 1. The summed E-state index contributed by atoms with van der Waals surface area (Å²) in [6, 6.07) is 6.86. The Morgan fingerprint density at radius 3 is 2.62 bits per heavy atom. The van der Waals surface area contributed by atoms with Crippen molar-refractivity contribution in [2.24, 2.45) is 0 Å². The summed E-state index contributed by atoms with van der Waals surface area (Å²) in [4.78, 5) is 7.17. The van der Waals surface area contributed by atoms with Crippen LogP contribution in [0.2, 0.25) is 0 Å². The minimum absolute atomic E-state index is 0.101. The fourth-order valence-electron chi connectivity index (χ4n) is 4.46. The van der Waals surface area contributed by atoms with Gasteiger partial charge in [-0.1, -0.05) is 19.1 Å². The molecule has 2 bridgehead atoms. The Labute approximate surface area is 142 Å². The van der Waals surface area contributed by atoms with E-state index in [2.05, 4.69) is 27.0 Å². The summed E-state index contributed by atoms with van der Waals surface area (Å²) >= 11 is 0. The van der Waals surface area contributed by atoms with E-state index in [1.54, 1.807) is 6.07 Å². The first-order valence-electron chi connectivity index (χ1n) is 9.06.